The number of hydrogen-bond donors (Lipinski definition) is 1. The van der Waals surface area contributed by atoms with Crippen molar-refractivity contribution in [3.8, 4) is 11.5 Å². The molecule has 0 atom stereocenters. The van der Waals surface area contributed by atoms with Gasteiger partial charge < -0.3 is 19.7 Å². The zero-order chi connectivity index (χ0) is 17.6. The van der Waals surface area contributed by atoms with Crippen LogP contribution in [0.4, 0.5) is 0 Å². The van der Waals surface area contributed by atoms with E-state index in [1.807, 2.05) is 18.2 Å². The first-order valence-corrected chi connectivity index (χ1v) is 8.95. The average Bonchev–Trinajstić information content (AvgIpc) is 3.24. The molecule has 0 aliphatic carbocycles. The number of fused-ring (bicyclic) bond motifs is 1. The largest absolute Gasteiger partial charge is 0.493 e. The fourth-order valence-electron chi connectivity index (χ4n) is 2.67. The molecule has 1 amide bonds. The van der Waals surface area contributed by atoms with Crippen LogP contribution < -0.4 is 14.8 Å². The Labute approximate surface area is 151 Å². The third-order valence-electron chi connectivity index (χ3n) is 3.96. The quantitative estimate of drug-likeness (QED) is 0.758. The Morgan fingerprint density at radius 1 is 1.36 bits per heavy atom. The number of thioether (sulfide) groups is 1. The lowest BCUT2D eigenvalue weighted by Gasteiger charge is -2.16. The van der Waals surface area contributed by atoms with Gasteiger partial charge in [-0.05, 0) is 29.2 Å². The molecule has 0 unspecified atom stereocenters. The number of nitrogens with zero attached hydrogens (tertiary/aromatic N) is 2. The van der Waals surface area contributed by atoms with Gasteiger partial charge in [0.05, 0.1) is 20.8 Å². The summed E-state index contributed by atoms with van der Waals surface area (Å²) in [5, 5.41) is 6.11. The van der Waals surface area contributed by atoms with E-state index in [0.29, 0.717) is 18.0 Å². The van der Waals surface area contributed by atoms with Crippen LogP contribution in [0.3, 0.4) is 0 Å². The van der Waals surface area contributed by atoms with Crippen LogP contribution in [0.15, 0.2) is 40.4 Å². The number of amidine groups is 1. The summed E-state index contributed by atoms with van der Waals surface area (Å²) in [4.78, 5) is 18.6. The molecule has 25 heavy (non-hydrogen) atoms. The fraction of sp³-hybridized carbons (Fsp3) is 0.333. The van der Waals surface area contributed by atoms with Crippen LogP contribution >= 0.6 is 11.8 Å². The fourth-order valence-corrected chi connectivity index (χ4v) is 3.66. The Morgan fingerprint density at radius 2 is 2.20 bits per heavy atom. The molecule has 3 rings (SSSR count). The minimum atomic E-state index is -0.114. The first kappa shape index (κ1) is 17.4. The summed E-state index contributed by atoms with van der Waals surface area (Å²) in [7, 11) is 3.18. The Morgan fingerprint density at radius 3 is 3.00 bits per heavy atom. The second kappa shape index (κ2) is 8.11. The van der Waals surface area contributed by atoms with Gasteiger partial charge in [0, 0.05) is 31.3 Å². The van der Waals surface area contributed by atoms with Crippen LogP contribution in [0, 0.1) is 0 Å². The van der Waals surface area contributed by atoms with Crippen molar-refractivity contribution in [1.82, 2.24) is 10.2 Å². The molecule has 7 heteroatoms. The smallest absolute Gasteiger partial charge is 0.244 e. The zero-order valence-electron chi connectivity index (χ0n) is 14.3. The molecule has 2 aliphatic rings. The molecule has 132 valence electrons. The molecule has 2 heterocycles. The van der Waals surface area contributed by atoms with Crippen molar-refractivity contribution in [2.45, 2.75) is 6.42 Å². The Bertz CT molecular complexity index is 743. The molecule has 1 aromatic carbocycles. The van der Waals surface area contributed by atoms with Crippen molar-refractivity contribution in [1.29, 1.82) is 0 Å². The van der Waals surface area contributed by atoms with Crippen LogP contribution in [0.25, 0.3) is 6.08 Å². The Hall–Kier alpha value is -2.41. The summed E-state index contributed by atoms with van der Waals surface area (Å²) >= 11 is 1.66. The summed E-state index contributed by atoms with van der Waals surface area (Å²) in [6.07, 6.45) is 4.09. The summed E-state index contributed by atoms with van der Waals surface area (Å²) in [5.74, 6) is 1.19. The molecule has 0 fully saturated rings. The number of carbonyl (C=O) groups is 1. The van der Waals surface area contributed by atoms with Crippen molar-refractivity contribution in [3.63, 3.8) is 0 Å². The van der Waals surface area contributed by atoms with Crippen molar-refractivity contribution in [2.24, 2.45) is 4.99 Å². The van der Waals surface area contributed by atoms with Crippen molar-refractivity contribution >= 4 is 28.9 Å². The second-order valence-corrected chi connectivity index (χ2v) is 6.37. The third kappa shape index (κ3) is 4.17. The maximum Gasteiger partial charge on any atom is 0.244 e. The minimum Gasteiger partial charge on any atom is -0.493 e. The Kier molecular flexibility index (Phi) is 5.65. The molecule has 0 saturated carbocycles. The van der Waals surface area contributed by atoms with E-state index in [-0.39, 0.29) is 5.91 Å². The van der Waals surface area contributed by atoms with Crippen LogP contribution in [0.5, 0.6) is 11.5 Å². The van der Waals surface area contributed by atoms with Gasteiger partial charge in [0.2, 0.25) is 5.91 Å². The molecule has 0 radical (unpaired) electrons. The first-order chi connectivity index (χ1) is 12.2. The molecule has 6 nitrogen and oxygen atoms in total. The van der Waals surface area contributed by atoms with Gasteiger partial charge >= 0.3 is 0 Å². The minimum absolute atomic E-state index is 0.114. The molecule has 2 aliphatic heterocycles. The highest BCUT2D eigenvalue weighted by Gasteiger charge is 2.25. The second-order valence-electron chi connectivity index (χ2n) is 5.53. The summed E-state index contributed by atoms with van der Waals surface area (Å²) in [6.45, 7) is 2.41. The van der Waals surface area contributed by atoms with Crippen LogP contribution in [0.2, 0.25) is 0 Å². The molecule has 1 aromatic rings. The maximum absolute atomic E-state index is 12.0. The van der Waals surface area contributed by atoms with Gasteiger partial charge in [0.15, 0.2) is 16.7 Å². The lowest BCUT2D eigenvalue weighted by Crippen LogP contribution is -2.26. The Balaban J connectivity index is 1.48. The van der Waals surface area contributed by atoms with E-state index in [2.05, 4.69) is 20.6 Å². The predicted octanol–water partition coefficient (Wildman–Crippen LogP) is 2.48. The lowest BCUT2D eigenvalue weighted by molar-refractivity contribution is -0.116. The van der Waals surface area contributed by atoms with E-state index in [4.69, 9.17) is 9.47 Å². The van der Waals surface area contributed by atoms with E-state index < -0.39 is 0 Å². The number of aliphatic imine (C=N–C) groups is 1. The van der Waals surface area contributed by atoms with Crippen molar-refractivity contribution in [2.75, 3.05) is 33.9 Å². The monoisotopic (exact) mass is 359 g/mol. The third-order valence-corrected chi connectivity index (χ3v) is 4.91. The van der Waals surface area contributed by atoms with Gasteiger partial charge in [-0.1, -0.05) is 17.8 Å². The summed E-state index contributed by atoms with van der Waals surface area (Å²) in [5.41, 5.74) is 2.10. The molecule has 0 aromatic heterocycles. The van der Waals surface area contributed by atoms with Gasteiger partial charge in [0.1, 0.15) is 0 Å². The number of nitrogens with one attached hydrogen (secondary N) is 1. The van der Waals surface area contributed by atoms with Gasteiger partial charge in [-0.2, -0.15) is 0 Å². The molecular weight excluding hydrogens is 338 g/mol. The number of ether oxygens (including phenoxy) is 2. The SMILES string of the molecule is COc1ccc(C=CC(=O)NCCC2=CSC3=NCCN23)cc1OC. The van der Waals surface area contributed by atoms with Crippen LogP contribution in [-0.2, 0) is 4.79 Å². The van der Waals surface area contributed by atoms with E-state index in [0.717, 1.165) is 30.2 Å². The van der Waals surface area contributed by atoms with E-state index in [1.54, 1.807) is 32.1 Å². The number of rotatable bonds is 7. The molecular formula is C18H21N3O3S. The van der Waals surface area contributed by atoms with Gasteiger partial charge in [-0.3, -0.25) is 9.79 Å². The highest BCUT2D eigenvalue weighted by Crippen LogP contribution is 2.30. The van der Waals surface area contributed by atoms with Crippen molar-refractivity contribution < 1.29 is 14.3 Å². The normalized spacial score (nSPS) is 15.8. The molecule has 0 bridgehead atoms. The molecule has 1 N–H and O–H groups in total. The van der Waals surface area contributed by atoms with Gasteiger partial charge in [-0.15, -0.1) is 0 Å². The topological polar surface area (TPSA) is 63.2 Å². The van der Waals surface area contributed by atoms with E-state index in [1.165, 1.54) is 11.8 Å². The van der Waals surface area contributed by atoms with Gasteiger partial charge in [0.25, 0.3) is 0 Å². The van der Waals surface area contributed by atoms with Crippen molar-refractivity contribution in [3.05, 3.63) is 40.9 Å². The summed E-state index contributed by atoms with van der Waals surface area (Å²) < 4.78 is 10.5. The number of methoxy groups -OCH3 is 2. The van der Waals surface area contributed by atoms with Gasteiger partial charge in [-0.25, -0.2) is 0 Å². The number of hydrogen-bond acceptors (Lipinski definition) is 6. The highest BCUT2D eigenvalue weighted by atomic mass is 32.2. The standard InChI is InChI=1S/C18H21N3O3S/c1-23-15-5-3-13(11-16(15)24-2)4-6-17(22)19-8-7-14-12-25-18-20-9-10-21(14)18/h3-6,11-12H,7-10H2,1-2H3,(H,19,22). The summed E-state index contributed by atoms with van der Waals surface area (Å²) in [6, 6.07) is 5.52. The number of carbonyl (C=O) groups excluding carboxylic acids is 1. The number of amides is 1. The first-order valence-electron chi connectivity index (χ1n) is 8.07. The van der Waals surface area contributed by atoms with E-state index in [9.17, 15) is 4.79 Å². The zero-order valence-corrected chi connectivity index (χ0v) is 15.1. The van der Waals surface area contributed by atoms with Crippen LogP contribution in [-0.4, -0.2) is 49.8 Å². The molecule has 0 spiro atoms. The highest BCUT2D eigenvalue weighted by molar-refractivity contribution is 8.16. The van der Waals surface area contributed by atoms with E-state index >= 15 is 0 Å². The lowest BCUT2D eigenvalue weighted by atomic mass is 10.2. The predicted molar refractivity (Wildman–Crippen MR) is 101 cm³/mol. The average molecular weight is 359 g/mol. The number of benzene rings is 1. The molecule has 0 saturated heterocycles. The maximum atomic E-state index is 12.0. The van der Waals surface area contributed by atoms with Crippen LogP contribution in [0.1, 0.15) is 12.0 Å².